The minimum absolute atomic E-state index is 0.213. The van der Waals surface area contributed by atoms with Crippen molar-refractivity contribution in [3.05, 3.63) is 80.9 Å². The number of piperidine rings is 1. The van der Waals surface area contributed by atoms with Crippen molar-refractivity contribution in [2.45, 2.75) is 45.2 Å². The Morgan fingerprint density at radius 2 is 1.97 bits per heavy atom. The van der Waals surface area contributed by atoms with Gasteiger partial charge in [-0.3, -0.25) is 18.9 Å². The molecule has 1 amide bonds. The number of anilines is 1. The number of amides is 1. The summed E-state index contributed by atoms with van der Waals surface area (Å²) in [6.45, 7) is 3.21. The standard InChI is InChI=1S/C26H25FN4O2S2/c1-2-19-7-3-5-13-29(19)23-20(24(32)30-14-6-4-8-22(30)28-23)15-21-25(33)31(26(34)35-21)16-17-9-11-18(27)12-10-17/h4,6,8-12,14-15,19H,2-3,5,7,13,16H2,1H3/b21-15+. The third-order valence-corrected chi connectivity index (χ3v) is 7.90. The lowest BCUT2D eigenvalue weighted by Crippen LogP contribution is -2.41. The molecule has 3 aromatic rings. The lowest BCUT2D eigenvalue weighted by atomic mass is 9.99. The topological polar surface area (TPSA) is 57.9 Å². The van der Waals surface area contributed by atoms with Gasteiger partial charge in [-0.15, -0.1) is 0 Å². The number of halogens is 1. The first-order valence-corrected chi connectivity index (χ1v) is 13.0. The maximum absolute atomic E-state index is 13.6. The molecule has 0 saturated carbocycles. The summed E-state index contributed by atoms with van der Waals surface area (Å²) in [5.41, 5.74) is 1.54. The fraction of sp³-hybridized carbons (Fsp3) is 0.308. The van der Waals surface area contributed by atoms with Crippen LogP contribution in [0.2, 0.25) is 0 Å². The fourth-order valence-corrected chi connectivity index (χ4v) is 5.92. The maximum atomic E-state index is 13.6. The predicted molar refractivity (Wildman–Crippen MR) is 142 cm³/mol. The van der Waals surface area contributed by atoms with Crippen molar-refractivity contribution in [3.63, 3.8) is 0 Å². The van der Waals surface area contributed by atoms with Crippen molar-refractivity contribution >= 4 is 51.7 Å². The van der Waals surface area contributed by atoms with Gasteiger partial charge in [-0.1, -0.05) is 49.1 Å². The SMILES string of the molecule is CCC1CCCCN1c1nc2ccccn2c(=O)c1/C=C1/SC(=S)N(Cc2ccc(F)cc2)C1=O. The van der Waals surface area contributed by atoms with Gasteiger partial charge >= 0.3 is 0 Å². The summed E-state index contributed by atoms with van der Waals surface area (Å²) in [5.74, 6) is 0.0222. The van der Waals surface area contributed by atoms with Crippen LogP contribution in [0.4, 0.5) is 10.2 Å². The second-order valence-corrected chi connectivity index (χ2v) is 10.4. The maximum Gasteiger partial charge on any atom is 0.267 e. The van der Waals surface area contributed by atoms with Gasteiger partial charge in [0.1, 0.15) is 21.6 Å². The summed E-state index contributed by atoms with van der Waals surface area (Å²) in [6, 6.07) is 11.8. The minimum Gasteiger partial charge on any atom is -0.353 e. The highest BCUT2D eigenvalue weighted by Crippen LogP contribution is 2.35. The van der Waals surface area contributed by atoms with E-state index < -0.39 is 0 Å². The number of nitrogens with zero attached hydrogens (tertiary/aromatic N) is 4. The molecule has 0 N–H and O–H groups in total. The van der Waals surface area contributed by atoms with Crippen molar-refractivity contribution in [1.29, 1.82) is 0 Å². The summed E-state index contributed by atoms with van der Waals surface area (Å²) in [7, 11) is 0. The number of hydrogen-bond acceptors (Lipinski definition) is 6. The van der Waals surface area contributed by atoms with Crippen molar-refractivity contribution < 1.29 is 9.18 Å². The van der Waals surface area contributed by atoms with Crippen LogP contribution in [-0.4, -0.2) is 37.1 Å². The molecular formula is C26H25FN4O2S2. The van der Waals surface area contributed by atoms with Gasteiger partial charge in [0.05, 0.1) is 17.0 Å². The summed E-state index contributed by atoms with van der Waals surface area (Å²) in [6.07, 6.45) is 7.53. The Balaban J connectivity index is 1.57. The van der Waals surface area contributed by atoms with E-state index in [0.29, 0.717) is 32.3 Å². The molecule has 6 nitrogen and oxygen atoms in total. The summed E-state index contributed by atoms with van der Waals surface area (Å²) in [4.78, 5) is 35.9. The molecule has 35 heavy (non-hydrogen) atoms. The Bertz CT molecular complexity index is 1390. The first-order valence-electron chi connectivity index (χ1n) is 11.7. The van der Waals surface area contributed by atoms with Crippen LogP contribution < -0.4 is 10.5 Å². The number of carbonyl (C=O) groups excluding carboxylic acids is 1. The zero-order chi connectivity index (χ0) is 24.5. The summed E-state index contributed by atoms with van der Waals surface area (Å²) >= 11 is 6.66. The quantitative estimate of drug-likeness (QED) is 0.357. The van der Waals surface area contributed by atoms with Crippen LogP contribution in [0.25, 0.3) is 11.7 Å². The molecule has 1 unspecified atom stereocenters. The normalized spacial score (nSPS) is 19.8. The summed E-state index contributed by atoms with van der Waals surface area (Å²) in [5, 5.41) is 0. The highest BCUT2D eigenvalue weighted by Gasteiger charge is 2.33. The average molecular weight is 509 g/mol. The van der Waals surface area contributed by atoms with Crippen molar-refractivity contribution in [2.24, 2.45) is 0 Å². The van der Waals surface area contributed by atoms with Crippen LogP contribution in [0.3, 0.4) is 0 Å². The number of thiocarbonyl (C=S) groups is 1. The lowest BCUT2D eigenvalue weighted by molar-refractivity contribution is -0.122. The molecule has 2 aliphatic heterocycles. The fourth-order valence-electron chi connectivity index (χ4n) is 4.68. The number of carbonyl (C=O) groups is 1. The molecule has 2 fully saturated rings. The number of thioether (sulfide) groups is 1. The van der Waals surface area contributed by atoms with Gasteiger partial charge in [-0.05, 0) is 61.6 Å². The Kier molecular flexibility index (Phi) is 6.71. The molecule has 2 aliphatic rings. The van der Waals surface area contributed by atoms with Crippen LogP contribution in [0.1, 0.15) is 43.7 Å². The predicted octanol–water partition coefficient (Wildman–Crippen LogP) is 5.00. The summed E-state index contributed by atoms with van der Waals surface area (Å²) < 4.78 is 15.2. The first kappa shape index (κ1) is 23.7. The molecule has 2 aromatic heterocycles. The average Bonchev–Trinajstić information content (AvgIpc) is 3.14. The Labute approximate surface area is 212 Å². The van der Waals surface area contributed by atoms with E-state index in [1.165, 1.54) is 33.2 Å². The smallest absolute Gasteiger partial charge is 0.267 e. The number of aromatic nitrogens is 2. The second-order valence-electron chi connectivity index (χ2n) is 8.73. The first-order chi connectivity index (χ1) is 17.0. The van der Waals surface area contributed by atoms with Gasteiger partial charge in [0.25, 0.3) is 11.5 Å². The molecule has 2 saturated heterocycles. The monoisotopic (exact) mass is 508 g/mol. The second kappa shape index (κ2) is 9.91. The molecule has 0 aliphatic carbocycles. The van der Waals surface area contributed by atoms with Gasteiger partial charge in [-0.25, -0.2) is 9.37 Å². The number of benzene rings is 1. The Morgan fingerprint density at radius 3 is 2.74 bits per heavy atom. The molecule has 1 aromatic carbocycles. The number of rotatable bonds is 5. The highest BCUT2D eigenvalue weighted by molar-refractivity contribution is 8.26. The highest BCUT2D eigenvalue weighted by atomic mass is 32.2. The molecule has 1 atom stereocenters. The van der Waals surface area contributed by atoms with Crippen molar-refractivity contribution in [1.82, 2.24) is 14.3 Å². The van der Waals surface area contributed by atoms with E-state index in [9.17, 15) is 14.0 Å². The number of fused-ring (bicyclic) bond motifs is 1. The van der Waals surface area contributed by atoms with Gasteiger partial charge in [0.15, 0.2) is 0 Å². The van der Waals surface area contributed by atoms with E-state index in [2.05, 4.69) is 11.8 Å². The minimum atomic E-state index is -0.334. The molecule has 4 heterocycles. The van der Waals surface area contributed by atoms with Crippen LogP contribution in [0.15, 0.2) is 58.4 Å². The third-order valence-electron chi connectivity index (χ3n) is 6.52. The molecule has 9 heteroatoms. The Morgan fingerprint density at radius 1 is 1.17 bits per heavy atom. The van der Waals surface area contributed by atoms with E-state index in [4.69, 9.17) is 17.2 Å². The molecule has 0 bridgehead atoms. The van der Waals surface area contributed by atoms with Crippen molar-refractivity contribution in [2.75, 3.05) is 11.4 Å². The van der Waals surface area contributed by atoms with Crippen LogP contribution in [-0.2, 0) is 11.3 Å². The molecule has 5 rings (SSSR count). The van der Waals surface area contributed by atoms with E-state index in [1.807, 2.05) is 12.1 Å². The molecule has 180 valence electrons. The van der Waals surface area contributed by atoms with Crippen LogP contribution in [0, 0.1) is 5.82 Å². The molecular weight excluding hydrogens is 483 g/mol. The van der Waals surface area contributed by atoms with Gasteiger partial charge in [-0.2, -0.15) is 0 Å². The largest absolute Gasteiger partial charge is 0.353 e. The Hall–Kier alpha value is -3.04. The number of pyridine rings is 1. The lowest BCUT2D eigenvalue weighted by Gasteiger charge is -2.37. The van der Waals surface area contributed by atoms with Gasteiger partial charge in [0, 0.05) is 18.8 Å². The van der Waals surface area contributed by atoms with E-state index in [-0.39, 0.29) is 23.8 Å². The zero-order valence-corrected chi connectivity index (χ0v) is 20.9. The van der Waals surface area contributed by atoms with E-state index in [1.54, 1.807) is 30.5 Å². The van der Waals surface area contributed by atoms with Crippen molar-refractivity contribution in [3.8, 4) is 0 Å². The molecule has 0 radical (unpaired) electrons. The van der Waals surface area contributed by atoms with Crippen LogP contribution >= 0.6 is 24.0 Å². The van der Waals surface area contributed by atoms with Gasteiger partial charge < -0.3 is 4.90 Å². The number of hydrogen-bond donors (Lipinski definition) is 0. The van der Waals surface area contributed by atoms with E-state index >= 15 is 0 Å². The van der Waals surface area contributed by atoms with Gasteiger partial charge in [0.2, 0.25) is 0 Å². The van der Waals surface area contributed by atoms with Crippen LogP contribution in [0.5, 0.6) is 0 Å². The third kappa shape index (κ3) is 4.62. The molecule has 0 spiro atoms. The van der Waals surface area contributed by atoms with E-state index in [0.717, 1.165) is 37.8 Å². The zero-order valence-electron chi connectivity index (χ0n) is 19.3.